The first-order valence-electron chi connectivity index (χ1n) is 7.97. The van der Waals surface area contributed by atoms with Crippen LogP contribution in [0.25, 0.3) is 0 Å². The normalized spacial score (nSPS) is 21.8. The Balaban J connectivity index is 2.52. The molecule has 1 fully saturated rings. The molecular formula is C16H26N2O6S. The lowest BCUT2D eigenvalue weighted by molar-refractivity contribution is 0.0401. The zero-order valence-corrected chi connectivity index (χ0v) is 15.8. The number of benzene rings is 1. The highest BCUT2D eigenvalue weighted by Gasteiger charge is 2.39. The number of hydrogen-bond donors (Lipinski definition) is 1. The van der Waals surface area contributed by atoms with Gasteiger partial charge in [-0.05, 0) is 12.8 Å². The Morgan fingerprint density at radius 3 is 2.16 bits per heavy atom. The highest BCUT2D eigenvalue weighted by molar-refractivity contribution is 7.89. The maximum absolute atomic E-state index is 13.3. The van der Waals surface area contributed by atoms with Crippen molar-refractivity contribution < 1.29 is 27.4 Å². The first-order valence-corrected chi connectivity index (χ1v) is 9.41. The predicted octanol–water partition coefficient (Wildman–Crippen LogP) is 0.839. The summed E-state index contributed by atoms with van der Waals surface area (Å²) in [5.74, 6) is 0.780. The predicted molar refractivity (Wildman–Crippen MR) is 92.9 cm³/mol. The van der Waals surface area contributed by atoms with Gasteiger partial charge in [-0.15, -0.1) is 0 Å². The Morgan fingerprint density at radius 1 is 1.12 bits per heavy atom. The molecular weight excluding hydrogens is 348 g/mol. The van der Waals surface area contributed by atoms with Gasteiger partial charge in [0.2, 0.25) is 0 Å². The molecule has 1 aliphatic heterocycles. The minimum atomic E-state index is -3.87. The molecule has 0 saturated carbocycles. The molecule has 1 aliphatic rings. The van der Waals surface area contributed by atoms with Crippen molar-refractivity contribution in [3.8, 4) is 17.2 Å². The highest BCUT2D eigenvalue weighted by Crippen LogP contribution is 2.40. The lowest BCUT2D eigenvalue weighted by Gasteiger charge is -2.37. The number of nitrogens with zero attached hydrogens (tertiary/aromatic N) is 1. The van der Waals surface area contributed by atoms with Crippen molar-refractivity contribution in [3.63, 3.8) is 0 Å². The van der Waals surface area contributed by atoms with E-state index >= 15 is 0 Å². The van der Waals surface area contributed by atoms with Crippen molar-refractivity contribution in [2.45, 2.75) is 29.9 Å². The number of sulfonamides is 1. The Morgan fingerprint density at radius 2 is 1.72 bits per heavy atom. The third-order valence-electron chi connectivity index (χ3n) is 4.46. The number of methoxy groups -OCH3 is 4. The molecule has 2 rings (SSSR count). The SMILES string of the molecule is COc1cc(OC)c(S(=O)(=O)N2CCC(OC)CC2CN)c(OC)c1. The van der Waals surface area contributed by atoms with Crippen LogP contribution < -0.4 is 19.9 Å². The van der Waals surface area contributed by atoms with Crippen molar-refractivity contribution in [1.82, 2.24) is 4.31 Å². The molecule has 1 heterocycles. The number of hydrogen-bond acceptors (Lipinski definition) is 7. The summed E-state index contributed by atoms with van der Waals surface area (Å²) in [6, 6.07) is 2.70. The first-order chi connectivity index (χ1) is 11.9. The van der Waals surface area contributed by atoms with Gasteiger partial charge < -0.3 is 24.7 Å². The van der Waals surface area contributed by atoms with Crippen molar-refractivity contribution in [3.05, 3.63) is 12.1 Å². The van der Waals surface area contributed by atoms with E-state index in [1.807, 2.05) is 0 Å². The standard InChI is InChI=1S/C16H26N2O6S/c1-21-12-5-6-18(11(7-12)10-17)25(19,20)16-14(23-3)8-13(22-2)9-15(16)24-4/h8-9,11-12H,5-7,10,17H2,1-4H3. The van der Waals surface area contributed by atoms with E-state index in [2.05, 4.69) is 0 Å². The van der Waals surface area contributed by atoms with Crippen LogP contribution in [0.4, 0.5) is 0 Å². The summed E-state index contributed by atoms with van der Waals surface area (Å²) < 4.78 is 49.2. The molecule has 1 aromatic carbocycles. The maximum atomic E-state index is 13.3. The minimum absolute atomic E-state index is 0.000316. The smallest absolute Gasteiger partial charge is 0.250 e. The lowest BCUT2D eigenvalue weighted by Crippen LogP contribution is -2.51. The topological polar surface area (TPSA) is 100 Å². The fraction of sp³-hybridized carbons (Fsp3) is 0.625. The van der Waals surface area contributed by atoms with Crippen molar-refractivity contribution >= 4 is 10.0 Å². The maximum Gasteiger partial charge on any atom is 0.250 e. The van der Waals surface area contributed by atoms with Crippen molar-refractivity contribution in [2.24, 2.45) is 5.73 Å². The van der Waals surface area contributed by atoms with Crippen LogP contribution >= 0.6 is 0 Å². The summed E-state index contributed by atoms with van der Waals surface area (Å²) >= 11 is 0. The van der Waals surface area contributed by atoms with Gasteiger partial charge in [0.1, 0.15) is 17.2 Å². The van der Waals surface area contributed by atoms with Crippen LogP contribution in [0.3, 0.4) is 0 Å². The van der Waals surface area contributed by atoms with Crippen molar-refractivity contribution in [1.29, 1.82) is 0 Å². The quantitative estimate of drug-likeness (QED) is 0.755. The summed E-state index contributed by atoms with van der Waals surface area (Å²) in [5, 5.41) is 0. The average molecular weight is 374 g/mol. The van der Waals surface area contributed by atoms with Gasteiger partial charge in [-0.1, -0.05) is 0 Å². The molecule has 1 aromatic rings. The Labute approximate surface area is 148 Å². The molecule has 0 radical (unpaired) electrons. The average Bonchev–Trinajstić information content (AvgIpc) is 2.65. The monoisotopic (exact) mass is 374 g/mol. The Kier molecular flexibility index (Phi) is 6.50. The molecule has 142 valence electrons. The van der Waals surface area contributed by atoms with E-state index in [4.69, 9.17) is 24.7 Å². The van der Waals surface area contributed by atoms with Gasteiger partial charge in [-0.2, -0.15) is 4.31 Å². The molecule has 0 aromatic heterocycles. The molecule has 1 saturated heterocycles. The molecule has 0 aliphatic carbocycles. The molecule has 8 nitrogen and oxygen atoms in total. The van der Waals surface area contributed by atoms with Crippen LogP contribution in [0.5, 0.6) is 17.2 Å². The summed E-state index contributed by atoms with van der Waals surface area (Å²) in [6.07, 6.45) is 1.15. The molecule has 0 spiro atoms. The van der Waals surface area contributed by atoms with Gasteiger partial charge in [0.05, 0.1) is 27.4 Å². The van der Waals surface area contributed by atoms with E-state index in [1.165, 1.54) is 37.8 Å². The fourth-order valence-electron chi connectivity index (χ4n) is 3.08. The Bertz CT molecular complexity index is 669. The van der Waals surface area contributed by atoms with Crippen LogP contribution in [0.1, 0.15) is 12.8 Å². The van der Waals surface area contributed by atoms with Gasteiger partial charge in [0, 0.05) is 38.4 Å². The molecule has 9 heteroatoms. The van der Waals surface area contributed by atoms with Crippen LogP contribution in [0.2, 0.25) is 0 Å². The van der Waals surface area contributed by atoms with Gasteiger partial charge in [-0.3, -0.25) is 0 Å². The Hall–Kier alpha value is -1.55. The van der Waals surface area contributed by atoms with E-state index in [0.29, 0.717) is 25.1 Å². The summed E-state index contributed by atoms with van der Waals surface area (Å²) in [7, 11) is 2.05. The first kappa shape index (κ1) is 19.8. The molecule has 25 heavy (non-hydrogen) atoms. The number of piperidine rings is 1. The van der Waals surface area contributed by atoms with Gasteiger partial charge >= 0.3 is 0 Å². The largest absolute Gasteiger partial charge is 0.496 e. The number of rotatable bonds is 7. The van der Waals surface area contributed by atoms with E-state index < -0.39 is 10.0 Å². The van der Waals surface area contributed by atoms with Gasteiger partial charge in [-0.25, -0.2) is 8.42 Å². The van der Waals surface area contributed by atoms with E-state index in [-0.39, 0.29) is 35.1 Å². The number of nitrogens with two attached hydrogens (primary N) is 1. The van der Waals surface area contributed by atoms with Crippen LogP contribution in [0, 0.1) is 0 Å². The zero-order valence-electron chi connectivity index (χ0n) is 15.0. The third kappa shape index (κ3) is 3.84. The minimum Gasteiger partial charge on any atom is -0.496 e. The van der Waals surface area contributed by atoms with E-state index in [1.54, 1.807) is 7.11 Å². The second-order valence-electron chi connectivity index (χ2n) is 5.75. The summed E-state index contributed by atoms with van der Waals surface area (Å²) in [5.41, 5.74) is 5.83. The van der Waals surface area contributed by atoms with Crippen molar-refractivity contribution in [2.75, 3.05) is 41.5 Å². The molecule has 2 N–H and O–H groups in total. The highest BCUT2D eigenvalue weighted by atomic mass is 32.2. The second-order valence-corrected chi connectivity index (χ2v) is 7.58. The van der Waals surface area contributed by atoms with E-state index in [0.717, 1.165) is 0 Å². The molecule has 0 bridgehead atoms. The molecule has 2 unspecified atom stereocenters. The third-order valence-corrected chi connectivity index (χ3v) is 6.47. The van der Waals surface area contributed by atoms with Crippen LogP contribution in [0.15, 0.2) is 17.0 Å². The molecule has 2 atom stereocenters. The number of ether oxygens (including phenoxy) is 4. The van der Waals surface area contributed by atoms with Crippen LogP contribution in [-0.4, -0.2) is 66.4 Å². The van der Waals surface area contributed by atoms with Gasteiger partial charge in [0.15, 0.2) is 4.90 Å². The fourth-order valence-corrected chi connectivity index (χ4v) is 5.02. The summed E-state index contributed by atoms with van der Waals surface area (Å²) in [6.45, 7) is 0.529. The summed E-state index contributed by atoms with van der Waals surface area (Å²) in [4.78, 5) is -0.0207. The second kappa shape index (κ2) is 8.22. The van der Waals surface area contributed by atoms with Crippen LogP contribution in [-0.2, 0) is 14.8 Å². The van der Waals surface area contributed by atoms with E-state index in [9.17, 15) is 8.42 Å². The van der Waals surface area contributed by atoms with Gasteiger partial charge in [0.25, 0.3) is 10.0 Å². The lowest BCUT2D eigenvalue weighted by atomic mass is 10.0. The molecule has 0 amide bonds. The zero-order chi connectivity index (χ0) is 18.6.